The maximum absolute atomic E-state index is 13.8. The number of carbonyl (C=O) groups excluding carboxylic acids is 1. The second-order valence-corrected chi connectivity index (χ2v) is 5.45. The van der Waals surface area contributed by atoms with Crippen LogP contribution in [0, 0.1) is 5.82 Å². The normalized spacial score (nSPS) is 12.9. The van der Waals surface area contributed by atoms with Gasteiger partial charge in [-0.05, 0) is 19.4 Å². The van der Waals surface area contributed by atoms with Gasteiger partial charge in [0, 0.05) is 24.2 Å². The van der Waals surface area contributed by atoms with Gasteiger partial charge < -0.3 is 4.90 Å². The average molecular weight is 343 g/mol. The number of hydrogen-bond donors (Lipinski definition) is 1. The first-order valence-corrected chi connectivity index (χ1v) is 7.41. The Bertz CT molecular complexity index is 711. The van der Waals surface area contributed by atoms with Crippen LogP contribution in [0.1, 0.15) is 42.0 Å². The van der Waals surface area contributed by atoms with E-state index < -0.39 is 23.6 Å². The van der Waals surface area contributed by atoms with Gasteiger partial charge in [-0.15, -0.1) is 0 Å². The quantitative estimate of drug-likeness (QED) is 0.834. The van der Waals surface area contributed by atoms with Gasteiger partial charge in [-0.25, -0.2) is 4.39 Å². The molecular formula is C16H17F4N3O. The molecule has 24 heavy (non-hydrogen) atoms. The summed E-state index contributed by atoms with van der Waals surface area (Å²) in [6.45, 7) is 3.53. The van der Waals surface area contributed by atoms with Crippen LogP contribution in [0.15, 0.2) is 30.3 Å². The lowest BCUT2D eigenvalue weighted by atomic mass is 10.1. The predicted octanol–water partition coefficient (Wildman–Crippen LogP) is 4.01. The molecule has 1 atom stereocenters. The van der Waals surface area contributed by atoms with Gasteiger partial charge in [0.25, 0.3) is 5.91 Å². The van der Waals surface area contributed by atoms with E-state index in [1.165, 1.54) is 23.1 Å². The minimum atomic E-state index is -4.61. The highest BCUT2D eigenvalue weighted by molar-refractivity contribution is 5.92. The molecule has 1 aromatic heterocycles. The van der Waals surface area contributed by atoms with Crippen molar-refractivity contribution < 1.29 is 22.4 Å². The molecule has 0 aliphatic carbocycles. The maximum Gasteiger partial charge on any atom is 0.432 e. The van der Waals surface area contributed by atoms with Crippen LogP contribution in [0.5, 0.6) is 0 Å². The van der Waals surface area contributed by atoms with Crippen molar-refractivity contribution in [1.29, 1.82) is 0 Å². The van der Waals surface area contributed by atoms with Crippen molar-refractivity contribution in [1.82, 2.24) is 15.1 Å². The zero-order chi connectivity index (χ0) is 17.9. The monoisotopic (exact) mass is 343 g/mol. The van der Waals surface area contributed by atoms with E-state index in [2.05, 4.69) is 5.10 Å². The molecular weight excluding hydrogens is 326 g/mol. The summed E-state index contributed by atoms with van der Waals surface area (Å²) in [7, 11) is 0. The summed E-state index contributed by atoms with van der Waals surface area (Å²) < 4.78 is 51.8. The van der Waals surface area contributed by atoms with E-state index in [1.54, 1.807) is 13.0 Å². The fraction of sp³-hybridized carbons (Fsp3) is 0.375. The van der Waals surface area contributed by atoms with Gasteiger partial charge in [-0.1, -0.05) is 25.1 Å². The Labute approximate surface area is 136 Å². The first kappa shape index (κ1) is 18.0. The van der Waals surface area contributed by atoms with E-state index in [9.17, 15) is 22.4 Å². The van der Waals surface area contributed by atoms with Gasteiger partial charge in [0.2, 0.25) is 0 Å². The molecule has 1 aromatic carbocycles. The fourth-order valence-corrected chi connectivity index (χ4v) is 2.18. The number of hydrogen-bond acceptors (Lipinski definition) is 2. The van der Waals surface area contributed by atoms with Gasteiger partial charge in [0.15, 0.2) is 5.69 Å². The lowest BCUT2D eigenvalue weighted by molar-refractivity contribution is -0.141. The summed E-state index contributed by atoms with van der Waals surface area (Å²) >= 11 is 0. The second kappa shape index (κ2) is 7.02. The Morgan fingerprint density at radius 1 is 1.33 bits per heavy atom. The molecule has 0 radical (unpaired) electrons. The molecule has 0 fully saturated rings. The van der Waals surface area contributed by atoms with E-state index in [0.29, 0.717) is 12.5 Å². The number of carbonyl (C=O) groups is 1. The highest BCUT2D eigenvalue weighted by Gasteiger charge is 2.34. The third kappa shape index (κ3) is 3.93. The van der Waals surface area contributed by atoms with Crippen LogP contribution >= 0.6 is 0 Å². The molecule has 0 aliphatic heterocycles. The second-order valence-electron chi connectivity index (χ2n) is 5.45. The molecule has 8 heteroatoms. The van der Waals surface area contributed by atoms with E-state index in [1.807, 2.05) is 12.0 Å². The van der Waals surface area contributed by atoms with Crippen LogP contribution in [-0.4, -0.2) is 27.0 Å². The molecule has 0 saturated carbocycles. The Morgan fingerprint density at radius 2 is 2.00 bits per heavy atom. The number of H-pyrrole nitrogens is 1. The number of aromatic amines is 1. The summed E-state index contributed by atoms with van der Waals surface area (Å²) in [6, 6.07) is 6.34. The molecule has 0 spiro atoms. The fourth-order valence-electron chi connectivity index (χ4n) is 2.18. The standard InChI is InChI=1S/C16H17F4N3O/c1-3-10(2)23(9-11-6-4-5-7-12(11)17)15(24)13-8-14(22-21-13)16(18,19)20/h4-8,10H,3,9H2,1-2H3,(H,21,22)/t10-/m0/s1. The number of halogens is 4. The van der Waals surface area contributed by atoms with Crippen molar-refractivity contribution in [2.45, 2.75) is 39.0 Å². The molecule has 0 bridgehead atoms. The number of rotatable bonds is 5. The van der Waals surface area contributed by atoms with Crippen LogP contribution < -0.4 is 0 Å². The first-order chi connectivity index (χ1) is 11.2. The average Bonchev–Trinajstić information content (AvgIpc) is 3.03. The van der Waals surface area contributed by atoms with Gasteiger partial charge in [0.1, 0.15) is 11.5 Å². The van der Waals surface area contributed by atoms with E-state index in [-0.39, 0.29) is 23.8 Å². The third-order valence-corrected chi connectivity index (χ3v) is 3.78. The molecule has 2 aromatic rings. The minimum absolute atomic E-state index is 0.0469. The van der Waals surface area contributed by atoms with Crippen molar-refractivity contribution in [3.63, 3.8) is 0 Å². The van der Waals surface area contributed by atoms with E-state index in [4.69, 9.17) is 0 Å². The first-order valence-electron chi connectivity index (χ1n) is 7.41. The van der Waals surface area contributed by atoms with Crippen LogP contribution in [0.25, 0.3) is 0 Å². The number of amides is 1. The Hall–Kier alpha value is -2.38. The van der Waals surface area contributed by atoms with Gasteiger partial charge in [-0.3, -0.25) is 9.89 Å². The lowest BCUT2D eigenvalue weighted by Crippen LogP contribution is -2.38. The molecule has 4 nitrogen and oxygen atoms in total. The number of nitrogens with one attached hydrogen (secondary N) is 1. The van der Waals surface area contributed by atoms with Gasteiger partial charge in [-0.2, -0.15) is 18.3 Å². The van der Waals surface area contributed by atoms with Gasteiger partial charge in [0.05, 0.1) is 0 Å². The Balaban J connectivity index is 2.29. The van der Waals surface area contributed by atoms with E-state index in [0.717, 1.165) is 0 Å². The number of alkyl halides is 3. The summed E-state index contributed by atoms with van der Waals surface area (Å²) in [4.78, 5) is 13.9. The Morgan fingerprint density at radius 3 is 2.54 bits per heavy atom. The molecule has 2 rings (SSSR count). The van der Waals surface area contributed by atoms with Crippen molar-refractivity contribution in [2.24, 2.45) is 0 Å². The van der Waals surface area contributed by atoms with E-state index >= 15 is 0 Å². The summed E-state index contributed by atoms with van der Waals surface area (Å²) in [6.07, 6.45) is -4.05. The molecule has 0 unspecified atom stereocenters. The van der Waals surface area contributed by atoms with Crippen molar-refractivity contribution in [3.05, 3.63) is 53.1 Å². The topological polar surface area (TPSA) is 49.0 Å². The number of nitrogens with zero attached hydrogens (tertiary/aromatic N) is 2. The molecule has 0 aliphatic rings. The minimum Gasteiger partial charge on any atom is -0.330 e. The van der Waals surface area contributed by atoms with Gasteiger partial charge >= 0.3 is 6.18 Å². The van der Waals surface area contributed by atoms with Crippen molar-refractivity contribution in [2.75, 3.05) is 0 Å². The predicted molar refractivity (Wildman–Crippen MR) is 79.6 cm³/mol. The molecule has 1 amide bonds. The Kier molecular flexibility index (Phi) is 5.26. The highest BCUT2D eigenvalue weighted by atomic mass is 19.4. The summed E-state index contributed by atoms with van der Waals surface area (Å²) in [5.74, 6) is -1.16. The molecule has 1 heterocycles. The molecule has 0 saturated heterocycles. The molecule has 130 valence electrons. The number of benzene rings is 1. The maximum atomic E-state index is 13.8. The zero-order valence-electron chi connectivity index (χ0n) is 13.2. The van der Waals surface area contributed by atoms with Crippen LogP contribution in [0.2, 0.25) is 0 Å². The molecule has 1 N–H and O–H groups in total. The highest BCUT2D eigenvalue weighted by Crippen LogP contribution is 2.28. The lowest BCUT2D eigenvalue weighted by Gasteiger charge is -2.28. The zero-order valence-corrected chi connectivity index (χ0v) is 13.2. The van der Waals surface area contributed by atoms with Crippen LogP contribution in [-0.2, 0) is 12.7 Å². The third-order valence-electron chi connectivity index (χ3n) is 3.78. The largest absolute Gasteiger partial charge is 0.432 e. The van der Waals surface area contributed by atoms with Crippen molar-refractivity contribution in [3.8, 4) is 0 Å². The summed E-state index contributed by atoms with van der Waals surface area (Å²) in [5.41, 5.74) is -1.16. The van der Waals surface area contributed by atoms with Crippen LogP contribution in [0.4, 0.5) is 17.6 Å². The smallest absolute Gasteiger partial charge is 0.330 e. The SMILES string of the molecule is CC[C@H](C)N(Cc1ccccc1F)C(=O)c1cc(C(F)(F)F)[nH]n1. The summed E-state index contributed by atoms with van der Waals surface area (Å²) in [5, 5.41) is 5.27. The van der Waals surface area contributed by atoms with Crippen molar-refractivity contribution >= 4 is 5.91 Å². The van der Waals surface area contributed by atoms with Crippen LogP contribution in [0.3, 0.4) is 0 Å². The number of aromatic nitrogens is 2.